The third kappa shape index (κ3) is 5.27. The summed E-state index contributed by atoms with van der Waals surface area (Å²) in [4.78, 5) is 21.7. The molecule has 0 N–H and O–H groups in total. The Bertz CT molecular complexity index is 673. The molecule has 1 aromatic carbocycles. The van der Waals surface area contributed by atoms with Crippen molar-refractivity contribution in [2.45, 2.75) is 24.2 Å². The number of carbonyl (C=O) groups excluding carboxylic acids is 1. The van der Waals surface area contributed by atoms with Crippen LogP contribution in [0.3, 0.4) is 0 Å². The first-order chi connectivity index (χ1) is 10.1. The highest BCUT2D eigenvalue weighted by Crippen LogP contribution is 2.28. The number of halogens is 1. The van der Waals surface area contributed by atoms with Gasteiger partial charge in [-0.1, -0.05) is 17.7 Å². The Morgan fingerprint density at radius 3 is 2.55 bits per heavy atom. The molecule has 0 fully saturated rings. The van der Waals surface area contributed by atoms with E-state index in [1.54, 1.807) is 6.92 Å². The van der Waals surface area contributed by atoms with Gasteiger partial charge < -0.3 is 4.74 Å². The molecule has 0 saturated heterocycles. The highest BCUT2D eigenvalue weighted by molar-refractivity contribution is 7.90. The van der Waals surface area contributed by atoms with E-state index in [4.69, 9.17) is 16.3 Å². The predicted octanol–water partition coefficient (Wildman–Crippen LogP) is 2.06. The van der Waals surface area contributed by atoms with Crippen molar-refractivity contribution >= 4 is 27.4 Å². The Balaban J connectivity index is 3.12. The summed E-state index contributed by atoms with van der Waals surface area (Å²) in [6.45, 7) is 1.34. The Morgan fingerprint density at radius 1 is 1.45 bits per heavy atom. The lowest BCUT2D eigenvalue weighted by atomic mass is 9.96. The molecule has 7 nitrogen and oxygen atoms in total. The summed E-state index contributed by atoms with van der Waals surface area (Å²) >= 11 is 5.93. The number of hydrogen-bond acceptors (Lipinski definition) is 6. The minimum absolute atomic E-state index is 0.0304. The Morgan fingerprint density at radius 2 is 2.09 bits per heavy atom. The second kappa shape index (κ2) is 7.55. The zero-order chi connectivity index (χ0) is 16.9. The van der Waals surface area contributed by atoms with Crippen LogP contribution in [0.4, 0.5) is 0 Å². The van der Waals surface area contributed by atoms with Crippen molar-refractivity contribution in [3.8, 4) is 0 Å². The van der Waals surface area contributed by atoms with Gasteiger partial charge in [0.25, 0.3) is 0 Å². The molecule has 22 heavy (non-hydrogen) atoms. The van der Waals surface area contributed by atoms with E-state index in [1.807, 2.05) is 0 Å². The smallest absolute Gasteiger partial charge is 0.306 e. The van der Waals surface area contributed by atoms with Crippen LogP contribution in [0.1, 0.15) is 24.8 Å². The zero-order valence-corrected chi connectivity index (χ0v) is 13.7. The fourth-order valence-corrected chi connectivity index (χ4v) is 3.30. The van der Waals surface area contributed by atoms with E-state index in [9.17, 15) is 23.3 Å². The van der Waals surface area contributed by atoms with E-state index >= 15 is 0 Å². The lowest BCUT2D eigenvalue weighted by Gasteiger charge is -2.14. The summed E-state index contributed by atoms with van der Waals surface area (Å²) in [5.41, 5.74) is 0.419. The minimum atomic E-state index is -3.49. The number of nitrogens with zero attached hydrogens (tertiary/aromatic N) is 1. The molecule has 1 unspecified atom stereocenters. The quantitative estimate of drug-likeness (QED) is 0.424. The molecule has 0 aliphatic heterocycles. The predicted molar refractivity (Wildman–Crippen MR) is 80.4 cm³/mol. The largest absolute Gasteiger partial charge is 0.466 e. The third-order valence-electron chi connectivity index (χ3n) is 2.91. The molecule has 0 amide bonds. The average molecular weight is 350 g/mol. The van der Waals surface area contributed by atoms with Gasteiger partial charge in [-0.2, -0.15) is 0 Å². The Hall–Kier alpha value is -1.67. The summed E-state index contributed by atoms with van der Waals surface area (Å²) < 4.78 is 27.8. The van der Waals surface area contributed by atoms with Crippen molar-refractivity contribution in [3.05, 3.63) is 38.9 Å². The summed E-state index contributed by atoms with van der Waals surface area (Å²) in [5.74, 6) is -1.29. The van der Waals surface area contributed by atoms with Crippen LogP contribution in [0.5, 0.6) is 0 Å². The molecule has 0 radical (unpaired) electrons. The lowest BCUT2D eigenvalue weighted by Crippen LogP contribution is -2.18. The molecule has 1 rings (SSSR count). The van der Waals surface area contributed by atoms with Crippen LogP contribution < -0.4 is 0 Å². The van der Waals surface area contributed by atoms with Gasteiger partial charge in [-0.15, -0.1) is 0 Å². The van der Waals surface area contributed by atoms with Gasteiger partial charge in [0.1, 0.15) is 0 Å². The van der Waals surface area contributed by atoms with Crippen molar-refractivity contribution < 1.29 is 22.9 Å². The van der Waals surface area contributed by atoms with Crippen molar-refractivity contribution in [2.75, 3.05) is 19.4 Å². The molecule has 0 aliphatic rings. The normalized spacial score (nSPS) is 12.7. The lowest BCUT2D eigenvalue weighted by molar-refractivity contribution is -0.483. The maximum Gasteiger partial charge on any atom is 0.306 e. The second-order valence-corrected chi connectivity index (χ2v) is 7.07. The third-order valence-corrected chi connectivity index (χ3v) is 4.49. The van der Waals surface area contributed by atoms with E-state index in [0.717, 1.165) is 6.26 Å². The van der Waals surface area contributed by atoms with Crippen molar-refractivity contribution in [1.29, 1.82) is 0 Å². The van der Waals surface area contributed by atoms with Crippen molar-refractivity contribution in [1.82, 2.24) is 0 Å². The molecule has 0 saturated carbocycles. The summed E-state index contributed by atoms with van der Waals surface area (Å²) in [6, 6.07) is 4.05. The number of nitro groups is 1. The van der Waals surface area contributed by atoms with Gasteiger partial charge in [-0.25, -0.2) is 8.42 Å². The first-order valence-corrected chi connectivity index (χ1v) is 8.69. The Kier molecular flexibility index (Phi) is 6.31. The monoisotopic (exact) mass is 349 g/mol. The van der Waals surface area contributed by atoms with Gasteiger partial charge in [0.2, 0.25) is 6.54 Å². The second-order valence-electron chi connectivity index (χ2n) is 4.68. The van der Waals surface area contributed by atoms with Gasteiger partial charge in [-0.05, 0) is 24.6 Å². The summed E-state index contributed by atoms with van der Waals surface area (Å²) in [6.07, 6.45) is 0.838. The number of hydrogen-bond donors (Lipinski definition) is 0. The van der Waals surface area contributed by atoms with Crippen LogP contribution in [-0.4, -0.2) is 38.7 Å². The maximum atomic E-state index is 11.5. The van der Waals surface area contributed by atoms with Crippen LogP contribution in [0.15, 0.2) is 23.1 Å². The highest BCUT2D eigenvalue weighted by Gasteiger charge is 2.24. The molecule has 9 heteroatoms. The van der Waals surface area contributed by atoms with Gasteiger partial charge in [-0.3, -0.25) is 14.9 Å². The minimum Gasteiger partial charge on any atom is -0.466 e. The summed E-state index contributed by atoms with van der Waals surface area (Å²) in [7, 11) is -3.49. The molecule has 0 aromatic heterocycles. The van der Waals surface area contributed by atoms with E-state index in [1.165, 1.54) is 18.2 Å². The molecule has 0 aliphatic carbocycles. The number of esters is 1. The van der Waals surface area contributed by atoms with Crippen LogP contribution in [0.25, 0.3) is 0 Å². The SMILES string of the molecule is CCOC(=O)CC(C[N+](=O)[O-])c1ccc(S(C)(=O)=O)c(Cl)c1. The van der Waals surface area contributed by atoms with E-state index in [0.29, 0.717) is 5.56 Å². The van der Waals surface area contributed by atoms with Gasteiger partial charge in [0.15, 0.2) is 9.84 Å². The molecule has 0 heterocycles. The first-order valence-electron chi connectivity index (χ1n) is 6.42. The summed E-state index contributed by atoms with van der Waals surface area (Å²) in [5, 5.41) is 10.7. The first kappa shape index (κ1) is 18.4. The number of carbonyl (C=O) groups is 1. The van der Waals surface area contributed by atoms with Crippen LogP contribution in [0, 0.1) is 10.1 Å². The molecule has 0 spiro atoms. The zero-order valence-electron chi connectivity index (χ0n) is 12.1. The number of sulfone groups is 1. The fraction of sp³-hybridized carbons (Fsp3) is 0.462. The number of ether oxygens (including phenoxy) is 1. The van der Waals surface area contributed by atoms with E-state index in [2.05, 4.69) is 0 Å². The number of benzene rings is 1. The molecule has 122 valence electrons. The molecular formula is C13H16ClNO6S. The van der Waals surface area contributed by atoms with Gasteiger partial charge in [0.05, 0.1) is 28.9 Å². The standard InChI is InChI=1S/C13H16ClNO6S/c1-3-21-13(16)7-10(8-15(17)18)9-4-5-12(11(14)6-9)22(2,19)20/h4-6,10H,3,7-8H2,1-2H3. The van der Waals surface area contributed by atoms with Crippen molar-refractivity contribution in [3.63, 3.8) is 0 Å². The topological polar surface area (TPSA) is 104 Å². The highest BCUT2D eigenvalue weighted by atomic mass is 35.5. The average Bonchev–Trinajstić information content (AvgIpc) is 2.36. The van der Waals surface area contributed by atoms with Crippen LogP contribution in [-0.2, 0) is 19.4 Å². The van der Waals surface area contributed by atoms with Crippen molar-refractivity contribution in [2.24, 2.45) is 0 Å². The van der Waals surface area contributed by atoms with E-state index < -0.39 is 33.2 Å². The fourth-order valence-electron chi connectivity index (χ4n) is 1.96. The maximum absolute atomic E-state index is 11.5. The number of rotatable bonds is 7. The molecule has 1 atom stereocenters. The Labute approximate surface area is 133 Å². The molecule has 0 bridgehead atoms. The van der Waals surface area contributed by atoms with Gasteiger partial charge in [0, 0.05) is 11.2 Å². The van der Waals surface area contributed by atoms with Crippen LogP contribution >= 0.6 is 11.6 Å². The molecule has 1 aromatic rings. The van der Waals surface area contributed by atoms with Crippen LogP contribution in [0.2, 0.25) is 5.02 Å². The van der Waals surface area contributed by atoms with E-state index in [-0.39, 0.29) is 22.9 Å². The van der Waals surface area contributed by atoms with Gasteiger partial charge >= 0.3 is 5.97 Å². The molecular weight excluding hydrogens is 334 g/mol.